The van der Waals surface area contributed by atoms with Crippen molar-refractivity contribution in [1.82, 2.24) is 9.55 Å². The van der Waals surface area contributed by atoms with Crippen LogP contribution in [0.3, 0.4) is 0 Å². The first-order chi connectivity index (χ1) is 15.7. The molecule has 0 saturated carbocycles. The van der Waals surface area contributed by atoms with Crippen molar-refractivity contribution >= 4 is 30.1 Å². The Morgan fingerprint density at radius 1 is 1.21 bits per heavy atom. The number of ether oxygens (including phenoxy) is 1. The van der Waals surface area contributed by atoms with E-state index in [0.29, 0.717) is 23.4 Å². The van der Waals surface area contributed by atoms with Gasteiger partial charge in [0.05, 0.1) is 37.1 Å². The minimum atomic E-state index is -1.80. The van der Waals surface area contributed by atoms with E-state index in [0.717, 1.165) is 22.2 Å². The van der Waals surface area contributed by atoms with Crippen molar-refractivity contribution in [2.45, 2.75) is 71.0 Å². The zero-order valence-electron chi connectivity index (χ0n) is 19.7. The summed E-state index contributed by atoms with van der Waals surface area (Å²) in [4.78, 5) is 30.9. The second kappa shape index (κ2) is 7.63. The van der Waals surface area contributed by atoms with E-state index in [1.54, 1.807) is 17.6 Å². The van der Waals surface area contributed by atoms with Gasteiger partial charge in [0.15, 0.2) is 5.60 Å². The minimum Gasteiger partial charge on any atom is -0.458 e. The summed E-state index contributed by atoms with van der Waals surface area (Å²) < 4.78 is 6.86. The van der Waals surface area contributed by atoms with Gasteiger partial charge < -0.3 is 14.4 Å². The number of para-hydroxylation sites is 1. The number of hydrogen-bond donors (Lipinski definition) is 1. The summed E-state index contributed by atoms with van der Waals surface area (Å²) in [6.45, 7) is 9.06. The summed E-state index contributed by atoms with van der Waals surface area (Å²) in [6.07, 6.45) is 2.52. The topological polar surface area (TPSA) is 81.4 Å². The summed E-state index contributed by atoms with van der Waals surface area (Å²) >= 11 is 0. The second-order valence-corrected chi connectivity index (χ2v) is 14.8. The molecule has 1 atom stereocenters. The standard InChI is InChI=1S/C26H30N2O4Si/c1-5-7-11-33(3,4)21-10-8-9-16-12-17-14-28-20(22(17)27-23(16)21)13-19-18(24(28)29)15-32-25(30)26(19,31)6-2/h8-10,12-13,31H,5-7,11,14-15H2,1-4H3/t26-/m0/s1. The van der Waals surface area contributed by atoms with Crippen LogP contribution in [-0.4, -0.2) is 28.7 Å². The monoisotopic (exact) mass is 462 g/mol. The third-order valence-corrected chi connectivity index (χ3v) is 10.9. The molecule has 0 radical (unpaired) electrons. The Kier molecular flexibility index (Phi) is 5.10. The van der Waals surface area contributed by atoms with Gasteiger partial charge in [0, 0.05) is 16.5 Å². The summed E-state index contributed by atoms with van der Waals surface area (Å²) in [6, 6.07) is 11.6. The average Bonchev–Trinajstić information content (AvgIpc) is 3.16. The van der Waals surface area contributed by atoms with Crippen molar-refractivity contribution in [3.8, 4) is 11.4 Å². The number of benzene rings is 1. The smallest absolute Gasteiger partial charge is 0.343 e. The SMILES string of the molecule is CCCC[Si](C)(C)c1cccc2cc3c(nc12)-c1cc2c(c(=O)n1C3)COC(=O)[C@]2(O)CC. The van der Waals surface area contributed by atoms with E-state index in [-0.39, 0.29) is 18.6 Å². The molecule has 2 aliphatic rings. The van der Waals surface area contributed by atoms with E-state index >= 15 is 0 Å². The molecule has 7 heteroatoms. The summed E-state index contributed by atoms with van der Waals surface area (Å²) in [7, 11) is -1.69. The molecule has 1 N–H and O–H groups in total. The number of unbranched alkanes of at least 4 members (excludes halogenated alkanes) is 1. The fourth-order valence-corrected chi connectivity index (χ4v) is 8.20. The molecular formula is C26H30N2O4Si. The molecule has 0 aliphatic carbocycles. The Labute approximate surface area is 194 Å². The zero-order chi connectivity index (χ0) is 23.5. The van der Waals surface area contributed by atoms with Gasteiger partial charge in [-0.05, 0) is 23.7 Å². The molecule has 1 aromatic carbocycles. The maximum Gasteiger partial charge on any atom is 0.343 e. The van der Waals surface area contributed by atoms with Gasteiger partial charge in [-0.15, -0.1) is 0 Å². The van der Waals surface area contributed by atoms with Crippen LogP contribution in [0, 0.1) is 0 Å². The number of nitrogens with zero attached hydrogens (tertiary/aromatic N) is 2. The zero-order valence-corrected chi connectivity index (χ0v) is 20.7. The number of cyclic esters (lactones) is 1. The Balaban J connectivity index is 1.73. The Morgan fingerprint density at radius 2 is 2.00 bits per heavy atom. The van der Waals surface area contributed by atoms with Crippen LogP contribution in [0.1, 0.15) is 49.8 Å². The number of fused-ring (bicyclic) bond motifs is 5. The summed E-state index contributed by atoms with van der Waals surface area (Å²) in [5.74, 6) is -0.697. The first-order valence-electron chi connectivity index (χ1n) is 11.8. The van der Waals surface area contributed by atoms with Crippen LogP contribution in [-0.2, 0) is 28.3 Å². The van der Waals surface area contributed by atoms with Gasteiger partial charge in [0.1, 0.15) is 6.61 Å². The lowest BCUT2D eigenvalue weighted by Crippen LogP contribution is -2.44. The summed E-state index contributed by atoms with van der Waals surface area (Å²) in [5.41, 5.74) is 2.12. The number of esters is 1. The van der Waals surface area contributed by atoms with Gasteiger partial charge in [-0.2, -0.15) is 0 Å². The Bertz CT molecular complexity index is 1360. The first-order valence-corrected chi connectivity index (χ1v) is 15.0. The highest BCUT2D eigenvalue weighted by atomic mass is 28.3. The lowest BCUT2D eigenvalue weighted by molar-refractivity contribution is -0.172. The molecule has 0 bridgehead atoms. The molecule has 5 rings (SSSR count). The molecule has 0 spiro atoms. The van der Waals surface area contributed by atoms with E-state index in [2.05, 4.69) is 44.3 Å². The van der Waals surface area contributed by atoms with E-state index in [1.807, 2.05) is 0 Å². The lowest BCUT2D eigenvalue weighted by Gasteiger charge is -2.31. The number of pyridine rings is 2. The van der Waals surface area contributed by atoms with Gasteiger partial charge in [0.2, 0.25) is 0 Å². The number of hydrogen-bond acceptors (Lipinski definition) is 5. The van der Waals surface area contributed by atoms with Gasteiger partial charge >= 0.3 is 5.97 Å². The highest BCUT2D eigenvalue weighted by Crippen LogP contribution is 2.38. The fraction of sp³-hybridized carbons (Fsp3) is 0.423. The lowest BCUT2D eigenvalue weighted by atomic mass is 9.86. The van der Waals surface area contributed by atoms with E-state index in [1.165, 1.54) is 24.1 Å². The van der Waals surface area contributed by atoms with Crippen LogP contribution in [0.5, 0.6) is 0 Å². The third-order valence-electron chi connectivity index (χ3n) is 7.42. The molecule has 2 aromatic heterocycles. The van der Waals surface area contributed by atoms with Crippen molar-refractivity contribution in [1.29, 1.82) is 0 Å². The fourth-order valence-electron chi connectivity index (χ4n) is 5.31. The van der Waals surface area contributed by atoms with Crippen molar-refractivity contribution in [2.75, 3.05) is 0 Å². The normalized spacial score (nSPS) is 19.2. The number of carbonyl (C=O) groups excluding carboxylic acids is 1. The maximum absolute atomic E-state index is 13.4. The van der Waals surface area contributed by atoms with Gasteiger partial charge in [-0.3, -0.25) is 4.79 Å². The van der Waals surface area contributed by atoms with Crippen molar-refractivity contribution < 1.29 is 14.6 Å². The predicted octanol–water partition coefficient (Wildman–Crippen LogP) is 3.80. The molecule has 0 saturated heterocycles. The van der Waals surface area contributed by atoms with Crippen LogP contribution in [0.2, 0.25) is 19.1 Å². The molecule has 0 amide bonds. The van der Waals surface area contributed by atoms with E-state index in [9.17, 15) is 14.7 Å². The number of aliphatic hydroxyl groups is 1. The second-order valence-electron chi connectivity index (χ2n) is 9.96. The van der Waals surface area contributed by atoms with E-state index in [4.69, 9.17) is 9.72 Å². The minimum absolute atomic E-state index is 0.108. The van der Waals surface area contributed by atoms with Crippen LogP contribution in [0.4, 0.5) is 0 Å². The first kappa shape index (κ1) is 22.0. The number of rotatable bonds is 5. The third kappa shape index (κ3) is 3.20. The maximum atomic E-state index is 13.4. The van der Waals surface area contributed by atoms with Crippen molar-refractivity contribution in [3.05, 3.63) is 57.4 Å². The van der Waals surface area contributed by atoms with Gasteiger partial charge in [-0.25, -0.2) is 9.78 Å². The van der Waals surface area contributed by atoms with E-state index < -0.39 is 19.6 Å². The molecular weight excluding hydrogens is 432 g/mol. The molecule has 33 heavy (non-hydrogen) atoms. The molecule has 3 aromatic rings. The largest absolute Gasteiger partial charge is 0.458 e. The predicted molar refractivity (Wildman–Crippen MR) is 131 cm³/mol. The highest BCUT2D eigenvalue weighted by molar-refractivity contribution is 6.91. The molecule has 172 valence electrons. The van der Waals surface area contributed by atoms with Crippen LogP contribution in [0.25, 0.3) is 22.3 Å². The van der Waals surface area contributed by atoms with Gasteiger partial charge in [-0.1, -0.05) is 64.0 Å². The number of carbonyl (C=O) groups is 1. The Hall–Kier alpha value is -2.77. The van der Waals surface area contributed by atoms with Crippen molar-refractivity contribution in [2.24, 2.45) is 0 Å². The van der Waals surface area contributed by atoms with Gasteiger partial charge in [0.25, 0.3) is 5.56 Å². The Morgan fingerprint density at radius 3 is 2.73 bits per heavy atom. The van der Waals surface area contributed by atoms with Crippen LogP contribution < -0.4 is 10.7 Å². The average molecular weight is 463 g/mol. The summed E-state index contributed by atoms with van der Waals surface area (Å²) in [5, 5.41) is 13.5. The molecule has 6 nitrogen and oxygen atoms in total. The van der Waals surface area contributed by atoms with Crippen LogP contribution in [0.15, 0.2) is 35.1 Å². The van der Waals surface area contributed by atoms with Crippen LogP contribution >= 0.6 is 0 Å². The highest BCUT2D eigenvalue weighted by Gasteiger charge is 2.45. The molecule has 0 unspecified atom stereocenters. The molecule has 0 fully saturated rings. The molecule has 4 heterocycles. The number of aromatic nitrogens is 2. The molecule has 2 aliphatic heterocycles. The quantitative estimate of drug-likeness (QED) is 0.360. The van der Waals surface area contributed by atoms with Crippen molar-refractivity contribution in [3.63, 3.8) is 0 Å².